The summed E-state index contributed by atoms with van der Waals surface area (Å²) >= 11 is 0. The minimum atomic E-state index is -0.0213. The molecule has 5 heteroatoms. The van der Waals surface area contributed by atoms with E-state index in [-0.39, 0.29) is 5.92 Å². The Bertz CT molecular complexity index is 574. The number of hydrogen-bond acceptors (Lipinski definition) is 4. The van der Waals surface area contributed by atoms with Crippen LogP contribution in [-0.4, -0.2) is 26.0 Å². The average Bonchev–Trinajstić information content (AvgIpc) is 3.21. The van der Waals surface area contributed by atoms with E-state index in [1.165, 1.54) is 12.8 Å². The topological polar surface area (TPSA) is 60.7 Å². The summed E-state index contributed by atoms with van der Waals surface area (Å²) in [5, 5.41) is 8.58. The van der Waals surface area contributed by atoms with Gasteiger partial charge in [0.25, 0.3) is 0 Å². The Kier molecular flexibility index (Phi) is 3.11. The predicted octanol–water partition coefficient (Wildman–Crippen LogP) is 2.05. The summed E-state index contributed by atoms with van der Waals surface area (Å²) in [4.78, 5) is 14.8. The van der Waals surface area contributed by atoms with Crippen LogP contribution in [0.15, 0.2) is 24.5 Å². The molecule has 0 aliphatic heterocycles. The van der Waals surface area contributed by atoms with Crippen LogP contribution in [0.25, 0.3) is 11.4 Å². The first-order valence-electron chi connectivity index (χ1n) is 6.59. The molecule has 1 aliphatic rings. The molecule has 0 N–H and O–H groups in total. The summed E-state index contributed by atoms with van der Waals surface area (Å²) < 4.78 is 2.19. The second-order valence-corrected chi connectivity index (χ2v) is 5.09. The van der Waals surface area contributed by atoms with Gasteiger partial charge in [-0.25, -0.2) is 0 Å². The van der Waals surface area contributed by atoms with Crippen molar-refractivity contribution in [3.05, 3.63) is 30.4 Å². The monoisotopic (exact) mass is 256 g/mol. The molecule has 0 saturated heterocycles. The molecule has 0 amide bonds. The maximum Gasteiger partial charge on any atom is 0.164 e. The van der Waals surface area contributed by atoms with E-state index >= 15 is 0 Å². The molecule has 5 nitrogen and oxygen atoms in total. The van der Waals surface area contributed by atoms with Gasteiger partial charge in [0.1, 0.15) is 12.1 Å². The Morgan fingerprint density at radius 1 is 1.37 bits per heavy atom. The number of carbonyl (C=O) groups excluding carboxylic acids is 1. The van der Waals surface area contributed by atoms with Gasteiger partial charge in [-0.15, -0.1) is 10.2 Å². The largest absolute Gasteiger partial charge is 0.308 e. The van der Waals surface area contributed by atoms with Crippen molar-refractivity contribution in [2.45, 2.75) is 32.2 Å². The lowest BCUT2D eigenvalue weighted by atomic mass is 10.1. The number of pyridine rings is 1. The first-order valence-corrected chi connectivity index (χ1v) is 6.59. The highest BCUT2D eigenvalue weighted by atomic mass is 16.1. The first kappa shape index (κ1) is 12.0. The smallest absolute Gasteiger partial charge is 0.164 e. The van der Waals surface area contributed by atoms with Crippen molar-refractivity contribution in [2.75, 3.05) is 0 Å². The molecule has 1 aliphatic carbocycles. The summed E-state index contributed by atoms with van der Waals surface area (Å²) in [5.74, 6) is 1.78. The third-order valence-corrected chi connectivity index (χ3v) is 3.35. The van der Waals surface area contributed by atoms with Crippen molar-refractivity contribution >= 4 is 6.29 Å². The van der Waals surface area contributed by atoms with E-state index in [1.807, 2.05) is 19.1 Å². The summed E-state index contributed by atoms with van der Waals surface area (Å²) in [6.45, 7) is 1.91. The molecule has 19 heavy (non-hydrogen) atoms. The maximum absolute atomic E-state index is 10.8. The Morgan fingerprint density at radius 2 is 2.11 bits per heavy atom. The van der Waals surface area contributed by atoms with Crippen LogP contribution in [0.4, 0.5) is 0 Å². The van der Waals surface area contributed by atoms with E-state index in [0.717, 1.165) is 23.5 Å². The highest BCUT2D eigenvalue weighted by Gasteiger charge is 2.30. The van der Waals surface area contributed by atoms with Gasteiger partial charge in [0.2, 0.25) is 0 Å². The summed E-state index contributed by atoms with van der Waals surface area (Å²) in [5.41, 5.74) is 1.03. The fourth-order valence-corrected chi connectivity index (χ4v) is 2.21. The van der Waals surface area contributed by atoms with E-state index in [0.29, 0.717) is 12.5 Å². The zero-order valence-corrected chi connectivity index (χ0v) is 10.9. The Labute approximate surface area is 111 Å². The molecule has 1 unspecified atom stereocenters. The Morgan fingerprint density at radius 3 is 2.74 bits per heavy atom. The molecular formula is C14H16N4O. The van der Waals surface area contributed by atoms with Crippen LogP contribution in [-0.2, 0) is 11.2 Å². The Hall–Kier alpha value is -2.04. The van der Waals surface area contributed by atoms with Crippen molar-refractivity contribution in [1.29, 1.82) is 0 Å². The van der Waals surface area contributed by atoms with Crippen molar-refractivity contribution in [2.24, 2.45) is 5.92 Å². The minimum absolute atomic E-state index is 0.0213. The van der Waals surface area contributed by atoms with Crippen molar-refractivity contribution in [3.8, 4) is 11.4 Å². The van der Waals surface area contributed by atoms with E-state index in [9.17, 15) is 4.79 Å². The first-order chi connectivity index (χ1) is 9.29. The van der Waals surface area contributed by atoms with Gasteiger partial charge >= 0.3 is 0 Å². The molecule has 0 bridgehead atoms. The highest BCUT2D eigenvalue weighted by molar-refractivity contribution is 5.56. The molecule has 3 rings (SSSR count). The predicted molar refractivity (Wildman–Crippen MR) is 70.5 cm³/mol. The van der Waals surface area contributed by atoms with Crippen LogP contribution in [0.5, 0.6) is 0 Å². The lowest BCUT2D eigenvalue weighted by molar-refractivity contribution is -0.110. The number of carbonyl (C=O) groups is 1. The number of hydrogen-bond donors (Lipinski definition) is 0. The Balaban J connectivity index is 1.99. The molecule has 2 aromatic rings. The van der Waals surface area contributed by atoms with Gasteiger partial charge in [-0.05, 0) is 25.0 Å². The SMILES string of the molecule is CC(C=O)Cc1nnc(-c2ccncc2)n1C1CC1. The van der Waals surface area contributed by atoms with Gasteiger partial charge in [0.15, 0.2) is 5.82 Å². The van der Waals surface area contributed by atoms with Gasteiger partial charge in [0, 0.05) is 36.3 Å². The van der Waals surface area contributed by atoms with Crippen LogP contribution < -0.4 is 0 Å². The molecule has 0 spiro atoms. The number of aromatic nitrogens is 4. The number of rotatable bonds is 5. The van der Waals surface area contributed by atoms with Crippen LogP contribution in [0.1, 0.15) is 31.6 Å². The molecule has 1 fully saturated rings. The number of aldehydes is 1. The van der Waals surface area contributed by atoms with Crippen LogP contribution in [0.2, 0.25) is 0 Å². The molecule has 2 aromatic heterocycles. The lowest BCUT2D eigenvalue weighted by Gasteiger charge is -2.09. The molecule has 98 valence electrons. The minimum Gasteiger partial charge on any atom is -0.308 e. The number of nitrogens with zero attached hydrogens (tertiary/aromatic N) is 4. The zero-order chi connectivity index (χ0) is 13.2. The third-order valence-electron chi connectivity index (χ3n) is 3.35. The van der Waals surface area contributed by atoms with Crippen molar-refractivity contribution in [1.82, 2.24) is 19.7 Å². The van der Waals surface area contributed by atoms with E-state index in [1.54, 1.807) is 12.4 Å². The van der Waals surface area contributed by atoms with Gasteiger partial charge in [0.05, 0.1) is 0 Å². The summed E-state index contributed by atoms with van der Waals surface area (Å²) in [7, 11) is 0. The van der Waals surface area contributed by atoms with Gasteiger partial charge in [-0.3, -0.25) is 4.98 Å². The normalized spacial score (nSPS) is 16.3. The van der Waals surface area contributed by atoms with Crippen molar-refractivity contribution in [3.63, 3.8) is 0 Å². The van der Waals surface area contributed by atoms with E-state index < -0.39 is 0 Å². The maximum atomic E-state index is 10.8. The van der Waals surface area contributed by atoms with Crippen LogP contribution in [0, 0.1) is 5.92 Å². The van der Waals surface area contributed by atoms with E-state index in [4.69, 9.17) is 0 Å². The fourth-order valence-electron chi connectivity index (χ4n) is 2.21. The fraction of sp³-hybridized carbons (Fsp3) is 0.429. The molecule has 0 aromatic carbocycles. The van der Waals surface area contributed by atoms with Gasteiger partial charge < -0.3 is 9.36 Å². The quantitative estimate of drug-likeness (QED) is 0.768. The molecule has 2 heterocycles. The second-order valence-electron chi connectivity index (χ2n) is 5.09. The van der Waals surface area contributed by atoms with Crippen LogP contribution >= 0.6 is 0 Å². The highest BCUT2D eigenvalue weighted by Crippen LogP contribution is 2.39. The molecule has 0 radical (unpaired) electrons. The third kappa shape index (κ3) is 2.41. The summed E-state index contributed by atoms with van der Waals surface area (Å²) in [6, 6.07) is 4.37. The van der Waals surface area contributed by atoms with Gasteiger partial charge in [-0.1, -0.05) is 6.92 Å². The standard InChI is InChI=1S/C14H16N4O/c1-10(9-19)8-13-16-17-14(18(13)12-2-3-12)11-4-6-15-7-5-11/h4-7,9-10,12H,2-3,8H2,1H3. The molecule has 1 atom stereocenters. The summed E-state index contributed by atoms with van der Waals surface area (Å²) in [6.07, 6.45) is 7.47. The lowest BCUT2D eigenvalue weighted by Crippen LogP contribution is -2.09. The van der Waals surface area contributed by atoms with E-state index in [2.05, 4.69) is 19.7 Å². The van der Waals surface area contributed by atoms with Crippen LogP contribution in [0.3, 0.4) is 0 Å². The molecule has 1 saturated carbocycles. The molecular weight excluding hydrogens is 240 g/mol. The average molecular weight is 256 g/mol. The van der Waals surface area contributed by atoms with Crippen molar-refractivity contribution < 1.29 is 4.79 Å². The van der Waals surface area contributed by atoms with Gasteiger partial charge in [-0.2, -0.15) is 0 Å². The zero-order valence-electron chi connectivity index (χ0n) is 10.9. The second kappa shape index (κ2) is 4.91.